The molecule has 1 heterocycles. The molecular weight excluding hydrogens is 265 g/mol. The van der Waals surface area contributed by atoms with Gasteiger partial charge in [-0.1, -0.05) is 6.07 Å². The molecule has 2 rings (SSSR count). The molecule has 0 aromatic heterocycles. The number of ether oxygens (including phenoxy) is 1. The highest BCUT2D eigenvalue weighted by molar-refractivity contribution is 14.1. The number of likely N-dealkylation sites (N-methyl/N-ethyl adjacent to an activating group) is 1. The second-order valence-corrected chi connectivity index (χ2v) is 4.08. The van der Waals surface area contributed by atoms with Gasteiger partial charge >= 0.3 is 0 Å². The van der Waals surface area contributed by atoms with E-state index in [1.165, 1.54) is 9.13 Å². The van der Waals surface area contributed by atoms with Gasteiger partial charge in [-0.25, -0.2) is 0 Å². The van der Waals surface area contributed by atoms with Gasteiger partial charge in [0.1, 0.15) is 12.4 Å². The highest BCUT2D eigenvalue weighted by Crippen LogP contribution is 2.32. The largest absolute Gasteiger partial charge is 0.491 e. The zero-order valence-electron chi connectivity index (χ0n) is 6.80. The van der Waals surface area contributed by atoms with Crippen LogP contribution in [0.4, 0.5) is 0 Å². The third kappa shape index (κ3) is 1.31. The maximum absolute atomic E-state index is 5.52. The molecule has 1 aromatic rings. The quantitative estimate of drug-likeness (QED) is 0.791. The Kier molecular flexibility index (Phi) is 2.23. The Bertz CT molecular complexity index is 301. The van der Waals surface area contributed by atoms with E-state index < -0.39 is 0 Å². The second kappa shape index (κ2) is 3.22. The van der Waals surface area contributed by atoms with Crippen molar-refractivity contribution >= 4 is 22.6 Å². The Morgan fingerprint density at radius 3 is 3.17 bits per heavy atom. The minimum Gasteiger partial charge on any atom is -0.491 e. The van der Waals surface area contributed by atoms with Gasteiger partial charge in [0.15, 0.2) is 0 Å². The first-order chi connectivity index (χ1) is 5.81. The van der Waals surface area contributed by atoms with E-state index in [4.69, 9.17) is 4.74 Å². The van der Waals surface area contributed by atoms with Gasteiger partial charge in [0.2, 0.25) is 0 Å². The van der Waals surface area contributed by atoms with E-state index >= 15 is 0 Å². The molecule has 0 bridgehead atoms. The Labute approximate surface area is 85.4 Å². The van der Waals surface area contributed by atoms with Crippen LogP contribution in [0.25, 0.3) is 0 Å². The first-order valence-electron chi connectivity index (χ1n) is 3.91. The number of hydrogen-bond donors (Lipinski definition) is 1. The summed E-state index contributed by atoms with van der Waals surface area (Å²) < 4.78 is 6.74. The number of hydrogen-bond acceptors (Lipinski definition) is 2. The number of benzene rings is 1. The smallest absolute Gasteiger partial charge is 0.125 e. The van der Waals surface area contributed by atoms with Crippen LogP contribution < -0.4 is 10.1 Å². The van der Waals surface area contributed by atoms with Gasteiger partial charge in [-0.05, 0) is 41.8 Å². The van der Waals surface area contributed by atoms with Crippen molar-refractivity contribution in [3.63, 3.8) is 0 Å². The molecule has 1 N–H and O–H groups in total. The van der Waals surface area contributed by atoms with E-state index in [1.807, 2.05) is 7.05 Å². The summed E-state index contributed by atoms with van der Waals surface area (Å²) in [7, 11) is 1.96. The second-order valence-electron chi connectivity index (χ2n) is 2.83. The van der Waals surface area contributed by atoms with Crippen molar-refractivity contribution in [2.45, 2.75) is 6.04 Å². The van der Waals surface area contributed by atoms with E-state index in [-0.39, 0.29) is 0 Å². The van der Waals surface area contributed by atoms with Crippen molar-refractivity contribution in [3.05, 3.63) is 27.3 Å². The lowest BCUT2D eigenvalue weighted by molar-refractivity contribution is 0.318. The highest BCUT2D eigenvalue weighted by Gasteiger charge is 2.21. The average molecular weight is 275 g/mol. The molecule has 64 valence electrons. The van der Waals surface area contributed by atoms with Crippen LogP contribution in [0.2, 0.25) is 0 Å². The van der Waals surface area contributed by atoms with E-state index in [1.54, 1.807) is 0 Å². The number of fused-ring (bicyclic) bond motifs is 1. The third-order valence-electron chi connectivity index (χ3n) is 2.10. The Morgan fingerprint density at radius 1 is 1.58 bits per heavy atom. The summed E-state index contributed by atoms with van der Waals surface area (Å²) in [5, 5.41) is 3.21. The maximum atomic E-state index is 5.52. The monoisotopic (exact) mass is 275 g/mol. The van der Waals surface area contributed by atoms with Gasteiger partial charge in [0.05, 0.1) is 6.04 Å². The van der Waals surface area contributed by atoms with E-state index in [9.17, 15) is 0 Å². The summed E-state index contributed by atoms with van der Waals surface area (Å²) >= 11 is 2.29. The van der Waals surface area contributed by atoms with Crippen molar-refractivity contribution in [2.75, 3.05) is 13.7 Å². The number of nitrogens with one attached hydrogen (secondary N) is 1. The van der Waals surface area contributed by atoms with Crippen LogP contribution in [0.1, 0.15) is 11.6 Å². The molecule has 0 radical (unpaired) electrons. The van der Waals surface area contributed by atoms with Crippen LogP contribution >= 0.6 is 22.6 Å². The van der Waals surface area contributed by atoms with Crippen molar-refractivity contribution in [1.29, 1.82) is 0 Å². The molecule has 1 atom stereocenters. The Morgan fingerprint density at radius 2 is 2.42 bits per heavy atom. The van der Waals surface area contributed by atoms with Gasteiger partial charge in [0.25, 0.3) is 0 Å². The molecule has 0 aliphatic carbocycles. The summed E-state index contributed by atoms with van der Waals surface area (Å²) in [6.07, 6.45) is 0. The molecule has 0 amide bonds. The van der Waals surface area contributed by atoms with Crippen LogP contribution in [-0.4, -0.2) is 13.7 Å². The van der Waals surface area contributed by atoms with E-state index in [0.29, 0.717) is 6.04 Å². The lowest BCUT2D eigenvalue weighted by atomic mass is 10.1. The summed E-state index contributed by atoms with van der Waals surface area (Å²) in [6, 6.07) is 6.69. The highest BCUT2D eigenvalue weighted by atomic mass is 127. The van der Waals surface area contributed by atoms with Gasteiger partial charge in [-0.2, -0.15) is 0 Å². The summed E-state index contributed by atoms with van der Waals surface area (Å²) in [5.41, 5.74) is 1.28. The fourth-order valence-electron chi connectivity index (χ4n) is 1.42. The Balaban J connectivity index is 2.40. The van der Waals surface area contributed by atoms with Gasteiger partial charge in [-0.3, -0.25) is 0 Å². The normalized spacial score (nSPS) is 20.3. The van der Waals surface area contributed by atoms with Gasteiger partial charge in [0, 0.05) is 9.13 Å². The standard InChI is InChI=1S/C9H10INO/c1-11-8-5-12-9-4-6(10)2-3-7(8)9/h2-4,8,11H,5H2,1H3/t8-/m1/s1. The molecule has 0 saturated carbocycles. The molecular formula is C9H10INO. The molecule has 0 fully saturated rings. The van der Waals surface area contributed by atoms with Crippen molar-refractivity contribution in [2.24, 2.45) is 0 Å². The molecule has 0 spiro atoms. The lowest BCUT2D eigenvalue weighted by Crippen LogP contribution is -2.16. The Hall–Kier alpha value is -0.290. The molecule has 2 nitrogen and oxygen atoms in total. The molecule has 0 saturated heterocycles. The molecule has 0 unspecified atom stereocenters. The van der Waals surface area contributed by atoms with Crippen LogP contribution in [-0.2, 0) is 0 Å². The minimum absolute atomic E-state index is 0.372. The zero-order chi connectivity index (χ0) is 8.55. The predicted molar refractivity (Wildman–Crippen MR) is 56.5 cm³/mol. The first kappa shape index (κ1) is 8.31. The topological polar surface area (TPSA) is 21.3 Å². The molecule has 12 heavy (non-hydrogen) atoms. The van der Waals surface area contributed by atoms with E-state index in [0.717, 1.165) is 12.4 Å². The van der Waals surface area contributed by atoms with E-state index in [2.05, 4.69) is 46.1 Å². The van der Waals surface area contributed by atoms with Crippen LogP contribution in [0.3, 0.4) is 0 Å². The summed E-state index contributed by atoms with van der Waals surface area (Å²) in [4.78, 5) is 0. The zero-order valence-corrected chi connectivity index (χ0v) is 8.96. The minimum atomic E-state index is 0.372. The molecule has 3 heteroatoms. The number of halogens is 1. The first-order valence-corrected chi connectivity index (χ1v) is 4.98. The van der Waals surface area contributed by atoms with Crippen molar-refractivity contribution < 1.29 is 4.74 Å². The molecule has 1 aliphatic rings. The SMILES string of the molecule is CN[C@@H]1COc2cc(I)ccc21. The average Bonchev–Trinajstić information content (AvgIpc) is 2.46. The van der Waals surface area contributed by atoms with Crippen molar-refractivity contribution in [1.82, 2.24) is 5.32 Å². The van der Waals surface area contributed by atoms with Gasteiger partial charge in [-0.15, -0.1) is 0 Å². The van der Waals surface area contributed by atoms with Gasteiger partial charge < -0.3 is 10.1 Å². The molecule has 1 aromatic carbocycles. The van der Waals surface area contributed by atoms with Crippen LogP contribution in [0.5, 0.6) is 5.75 Å². The number of rotatable bonds is 1. The third-order valence-corrected chi connectivity index (χ3v) is 2.78. The van der Waals surface area contributed by atoms with Crippen LogP contribution in [0.15, 0.2) is 18.2 Å². The fourth-order valence-corrected chi connectivity index (χ4v) is 1.89. The molecule has 1 aliphatic heterocycles. The summed E-state index contributed by atoms with van der Waals surface area (Å²) in [6.45, 7) is 0.756. The maximum Gasteiger partial charge on any atom is 0.125 e. The lowest BCUT2D eigenvalue weighted by Gasteiger charge is -2.05. The fraction of sp³-hybridized carbons (Fsp3) is 0.333. The van der Waals surface area contributed by atoms with Crippen molar-refractivity contribution in [3.8, 4) is 5.75 Å². The summed E-state index contributed by atoms with van der Waals surface area (Å²) in [5.74, 6) is 1.03. The predicted octanol–water partition coefficient (Wildman–Crippen LogP) is 1.94. The van der Waals surface area contributed by atoms with Crippen LogP contribution in [0, 0.1) is 3.57 Å².